The number of carbonyl (C=O) groups is 1. The number of aromatic nitrogens is 5. The molecule has 5 heterocycles. The summed E-state index contributed by atoms with van der Waals surface area (Å²) in [7, 11) is -11.0. The molecule has 10 atom stereocenters. The van der Waals surface area contributed by atoms with E-state index in [1.54, 1.807) is 0 Å². The Hall–Kier alpha value is -3.01. The number of anilines is 1. The van der Waals surface area contributed by atoms with Gasteiger partial charge >= 0.3 is 7.82 Å². The van der Waals surface area contributed by atoms with E-state index in [4.69, 9.17) is 20.9 Å². The SMILES string of the molecule is NC(=O)c1ccc[n+]([C@H]2O[C@H](COP(=O)([O-])OP(=O)(O)OC[C@H]3O[C@@H](n4cnc5c(N)ncnc54)[C@H](O)[C@@H]3O)[C@@H](O)[C@H]2O)c1. The minimum Gasteiger partial charge on any atom is -0.756 e. The summed E-state index contributed by atoms with van der Waals surface area (Å²) >= 11 is 0. The lowest BCUT2D eigenvalue weighted by atomic mass is 10.1. The van der Waals surface area contributed by atoms with E-state index in [2.05, 4.69) is 28.3 Å². The number of ether oxygens (including phenoxy) is 2. The molecule has 0 aliphatic carbocycles. The number of fused-ring (bicyclic) bond motifs is 1. The number of phosphoric ester groups is 2. The van der Waals surface area contributed by atoms with Crippen LogP contribution < -0.4 is 20.9 Å². The van der Waals surface area contributed by atoms with Gasteiger partial charge in [0.2, 0.25) is 0 Å². The second-order valence-corrected chi connectivity index (χ2v) is 12.7. The van der Waals surface area contributed by atoms with Crippen molar-refractivity contribution >= 4 is 38.5 Å². The van der Waals surface area contributed by atoms with Crippen LogP contribution in [0.15, 0.2) is 37.2 Å². The van der Waals surface area contributed by atoms with Crippen molar-refractivity contribution < 1.29 is 71.5 Å². The predicted octanol–water partition coefficient (Wildman–Crippen LogP) is -3.65. The third-order valence-electron chi connectivity index (χ3n) is 6.74. The Balaban J connectivity index is 1.16. The number of nitrogens with two attached hydrogens (primary N) is 2. The van der Waals surface area contributed by atoms with E-state index >= 15 is 0 Å². The Morgan fingerprint density at radius 2 is 1.73 bits per heavy atom. The smallest absolute Gasteiger partial charge is 0.478 e. The number of nitrogens with zero attached hydrogens (tertiary/aromatic N) is 5. The normalized spacial score (nSPS) is 31.6. The molecule has 0 saturated carbocycles. The van der Waals surface area contributed by atoms with Gasteiger partial charge in [-0.25, -0.2) is 23.8 Å². The molecule has 2 aliphatic heterocycles. The minimum atomic E-state index is -5.62. The molecule has 2 unspecified atom stereocenters. The van der Waals surface area contributed by atoms with Crippen LogP contribution >= 0.6 is 15.6 Å². The standard InChI is InChI=1S/C21H27N7O14P2/c22-17-12-19(25-7-24-17)28(8-26-12)21-16(32)14(30)11(41-21)6-39-44(36,37)42-43(34,35)38-5-10-13(29)15(31)20(40-10)27-3-1-2-9(4-27)18(23)33/h1-4,7-8,10-11,13-16,20-21,29-32H,5-6H2,(H5-,22,23,24,25,33,34,35,36,37)/t10-,11-,13-,14-,15-,16-,20+,21-/m1/s1. The van der Waals surface area contributed by atoms with Gasteiger partial charge in [0.25, 0.3) is 20.0 Å². The summed E-state index contributed by atoms with van der Waals surface area (Å²) in [5.41, 5.74) is 11.4. The van der Waals surface area contributed by atoms with Crippen LogP contribution in [-0.2, 0) is 32.0 Å². The summed E-state index contributed by atoms with van der Waals surface area (Å²) in [5, 5.41) is 41.6. The van der Waals surface area contributed by atoms with Gasteiger partial charge in [0.05, 0.1) is 19.5 Å². The number of rotatable bonds is 11. The molecule has 23 heteroatoms. The molecule has 2 saturated heterocycles. The van der Waals surface area contributed by atoms with E-state index in [9.17, 15) is 44.1 Å². The molecule has 2 aliphatic rings. The number of amides is 1. The molecule has 5 rings (SSSR count). The molecule has 3 aromatic rings. The van der Waals surface area contributed by atoms with Gasteiger partial charge in [-0.2, -0.15) is 4.57 Å². The van der Waals surface area contributed by atoms with Crippen molar-refractivity contribution in [3.05, 3.63) is 42.7 Å². The van der Waals surface area contributed by atoms with Gasteiger partial charge in [0.1, 0.15) is 47.9 Å². The third-order valence-corrected chi connectivity index (χ3v) is 9.30. The average Bonchev–Trinajstić information content (AvgIpc) is 3.61. The number of carbonyl (C=O) groups excluding carboxylic acids is 1. The average molecular weight is 663 g/mol. The first-order chi connectivity index (χ1) is 20.7. The van der Waals surface area contributed by atoms with E-state index in [-0.39, 0.29) is 22.5 Å². The summed E-state index contributed by atoms with van der Waals surface area (Å²) in [6, 6.07) is 2.82. The summed E-state index contributed by atoms with van der Waals surface area (Å²) in [6.07, 6.45) is -7.05. The van der Waals surface area contributed by atoms with Crippen molar-refractivity contribution in [1.29, 1.82) is 0 Å². The molecule has 0 aromatic carbocycles. The molecule has 0 bridgehead atoms. The molecule has 3 aromatic heterocycles. The van der Waals surface area contributed by atoms with Crippen molar-refractivity contribution in [2.75, 3.05) is 18.9 Å². The van der Waals surface area contributed by atoms with Crippen molar-refractivity contribution in [2.45, 2.75) is 49.1 Å². The first-order valence-corrected chi connectivity index (χ1v) is 15.5. The Bertz CT molecular complexity index is 1630. The van der Waals surface area contributed by atoms with Crippen LogP contribution in [0.5, 0.6) is 0 Å². The Morgan fingerprint density at radius 3 is 2.45 bits per heavy atom. The number of imidazole rings is 1. The molecule has 0 spiro atoms. The largest absolute Gasteiger partial charge is 0.756 e. The van der Waals surface area contributed by atoms with Gasteiger partial charge in [0.15, 0.2) is 36.2 Å². The van der Waals surface area contributed by atoms with Crippen LogP contribution in [0.2, 0.25) is 0 Å². The highest BCUT2D eigenvalue weighted by atomic mass is 31.3. The van der Waals surface area contributed by atoms with Crippen LogP contribution in [0, 0.1) is 0 Å². The first-order valence-electron chi connectivity index (χ1n) is 12.6. The molecule has 1 amide bonds. The quantitative estimate of drug-likeness (QED) is 0.0768. The Morgan fingerprint density at radius 1 is 1.05 bits per heavy atom. The molecule has 9 N–H and O–H groups in total. The van der Waals surface area contributed by atoms with Crippen LogP contribution in [0.4, 0.5) is 5.82 Å². The topological polar surface area (TPSA) is 321 Å². The number of phosphoric acid groups is 2. The van der Waals surface area contributed by atoms with Gasteiger partial charge in [-0.1, -0.05) is 0 Å². The van der Waals surface area contributed by atoms with E-state index < -0.39 is 83.8 Å². The third kappa shape index (κ3) is 6.65. The van der Waals surface area contributed by atoms with Gasteiger partial charge in [-0.05, 0) is 6.07 Å². The lowest BCUT2D eigenvalue weighted by Gasteiger charge is -2.26. The second kappa shape index (κ2) is 12.4. The van der Waals surface area contributed by atoms with Gasteiger partial charge in [-0.3, -0.25) is 18.5 Å². The van der Waals surface area contributed by atoms with E-state index in [1.807, 2.05) is 0 Å². The highest BCUT2D eigenvalue weighted by molar-refractivity contribution is 7.60. The molecule has 240 valence electrons. The summed E-state index contributed by atoms with van der Waals surface area (Å²) in [5.74, 6) is -0.729. The van der Waals surface area contributed by atoms with E-state index in [0.29, 0.717) is 0 Å². The maximum atomic E-state index is 12.4. The van der Waals surface area contributed by atoms with Crippen molar-refractivity contribution in [2.24, 2.45) is 5.73 Å². The number of aliphatic hydroxyl groups excluding tert-OH is 4. The number of hydrogen-bond donors (Lipinski definition) is 7. The number of aliphatic hydroxyl groups is 4. The minimum absolute atomic E-state index is 0.0446. The first kappa shape index (κ1) is 32.4. The lowest BCUT2D eigenvalue weighted by Crippen LogP contribution is -2.46. The van der Waals surface area contributed by atoms with Gasteiger partial charge in [0, 0.05) is 6.07 Å². The Labute approximate surface area is 246 Å². The van der Waals surface area contributed by atoms with Crippen LogP contribution in [0.25, 0.3) is 11.2 Å². The van der Waals surface area contributed by atoms with Crippen molar-refractivity contribution in [3.8, 4) is 0 Å². The summed E-state index contributed by atoms with van der Waals surface area (Å²) in [4.78, 5) is 45.5. The van der Waals surface area contributed by atoms with Crippen molar-refractivity contribution in [3.63, 3.8) is 0 Å². The maximum absolute atomic E-state index is 12.4. The predicted molar refractivity (Wildman–Crippen MR) is 137 cm³/mol. The van der Waals surface area contributed by atoms with E-state index in [0.717, 1.165) is 6.33 Å². The monoisotopic (exact) mass is 663 g/mol. The highest BCUT2D eigenvalue weighted by Gasteiger charge is 2.49. The molecular formula is C21H27N7O14P2. The molecule has 21 nitrogen and oxygen atoms in total. The van der Waals surface area contributed by atoms with Crippen LogP contribution in [0.3, 0.4) is 0 Å². The van der Waals surface area contributed by atoms with Crippen LogP contribution in [0.1, 0.15) is 22.8 Å². The summed E-state index contributed by atoms with van der Waals surface area (Å²) in [6.45, 7) is -1.89. The zero-order valence-corrected chi connectivity index (χ0v) is 24.0. The zero-order chi connectivity index (χ0) is 32.0. The molecule has 44 heavy (non-hydrogen) atoms. The zero-order valence-electron chi connectivity index (χ0n) is 22.2. The van der Waals surface area contributed by atoms with Gasteiger partial charge < -0.3 is 55.7 Å². The van der Waals surface area contributed by atoms with Gasteiger partial charge in [-0.15, -0.1) is 0 Å². The molecule has 2 fully saturated rings. The molecule has 0 radical (unpaired) electrons. The number of nitrogen functional groups attached to an aromatic ring is 1. The lowest BCUT2D eigenvalue weighted by molar-refractivity contribution is -0.765. The highest BCUT2D eigenvalue weighted by Crippen LogP contribution is 2.58. The molecular weight excluding hydrogens is 636 g/mol. The van der Waals surface area contributed by atoms with E-state index in [1.165, 1.54) is 40.0 Å². The van der Waals surface area contributed by atoms with Crippen LogP contribution in [-0.4, -0.2) is 101 Å². The second-order valence-electron chi connectivity index (χ2n) is 9.67. The fourth-order valence-corrected chi connectivity index (χ4v) is 6.62. The fourth-order valence-electron chi connectivity index (χ4n) is 4.57. The maximum Gasteiger partial charge on any atom is 0.478 e. The number of hydrogen-bond acceptors (Lipinski definition) is 17. The number of pyridine rings is 1. The summed E-state index contributed by atoms with van der Waals surface area (Å²) < 4.78 is 51.5. The fraction of sp³-hybridized carbons (Fsp3) is 0.476. The number of primary amides is 1. The Kier molecular flexibility index (Phi) is 9.13. The van der Waals surface area contributed by atoms with Crippen molar-refractivity contribution in [1.82, 2.24) is 19.5 Å².